The van der Waals surface area contributed by atoms with E-state index in [9.17, 15) is 13.2 Å². The van der Waals surface area contributed by atoms with Crippen LogP contribution in [0.25, 0.3) is 0 Å². The normalized spacial score (nSPS) is 13.0. The van der Waals surface area contributed by atoms with E-state index in [0.717, 1.165) is 5.56 Å². The van der Waals surface area contributed by atoms with Crippen LogP contribution in [0.15, 0.2) is 23.1 Å². The molecular weight excluding hydrogens is 268 g/mol. The van der Waals surface area contributed by atoms with Gasteiger partial charge in [-0.3, -0.25) is 4.79 Å². The molecule has 4 N–H and O–H groups in total. The summed E-state index contributed by atoms with van der Waals surface area (Å²) in [7, 11) is -3.74. The van der Waals surface area contributed by atoms with Gasteiger partial charge in [-0.15, -0.1) is 0 Å². The number of aryl methyl sites for hydroxylation is 1. The zero-order chi connectivity index (χ0) is 14.6. The van der Waals surface area contributed by atoms with Crippen molar-refractivity contribution < 1.29 is 18.3 Å². The lowest BCUT2D eigenvalue weighted by molar-refractivity contribution is -0.137. The fourth-order valence-corrected chi connectivity index (χ4v) is 2.15. The first kappa shape index (κ1) is 15.5. The second-order valence-electron chi connectivity index (χ2n) is 4.50. The van der Waals surface area contributed by atoms with Crippen LogP contribution in [0.2, 0.25) is 0 Å². The summed E-state index contributed by atoms with van der Waals surface area (Å²) in [5.41, 5.74) is 1.51. The number of sulfonamides is 1. The number of primary sulfonamides is 1. The smallest absolute Gasteiger partial charge is 0.303 e. The predicted molar refractivity (Wildman–Crippen MR) is 72.5 cm³/mol. The molecule has 0 spiro atoms. The molecule has 1 aromatic rings. The van der Waals surface area contributed by atoms with Gasteiger partial charge in [-0.2, -0.15) is 0 Å². The second kappa shape index (κ2) is 6.03. The third-order valence-electron chi connectivity index (χ3n) is 2.73. The standard InChI is InChI=1S/C12H18N2O4S/c1-8-3-5-10(19(13,17)18)7-11(8)14-9(2)4-6-12(15)16/h3,5,7,9,14H,4,6H2,1-2H3,(H,15,16)(H2,13,17,18). The van der Waals surface area contributed by atoms with Gasteiger partial charge in [0.25, 0.3) is 0 Å². The van der Waals surface area contributed by atoms with Crippen molar-refractivity contribution in [1.82, 2.24) is 0 Å². The van der Waals surface area contributed by atoms with Crippen molar-refractivity contribution >= 4 is 21.7 Å². The maximum Gasteiger partial charge on any atom is 0.303 e. The van der Waals surface area contributed by atoms with Crippen molar-refractivity contribution in [2.24, 2.45) is 5.14 Å². The van der Waals surface area contributed by atoms with Gasteiger partial charge in [-0.1, -0.05) is 6.07 Å². The maximum atomic E-state index is 11.3. The molecule has 0 fully saturated rings. The number of benzene rings is 1. The number of anilines is 1. The molecule has 0 aliphatic carbocycles. The summed E-state index contributed by atoms with van der Waals surface area (Å²) in [6.45, 7) is 3.67. The van der Waals surface area contributed by atoms with Crippen molar-refractivity contribution in [3.05, 3.63) is 23.8 Å². The molecule has 1 rings (SSSR count). The molecule has 0 amide bonds. The molecule has 0 aliphatic rings. The number of carbonyl (C=O) groups is 1. The molecule has 1 unspecified atom stereocenters. The third-order valence-corrected chi connectivity index (χ3v) is 3.64. The molecule has 0 heterocycles. The number of carboxylic acid groups (broad SMARTS) is 1. The Balaban J connectivity index is 2.86. The van der Waals surface area contributed by atoms with Gasteiger partial charge in [0.2, 0.25) is 10.0 Å². The topological polar surface area (TPSA) is 109 Å². The Labute approximate surface area is 112 Å². The first-order valence-electron chi connectivity index (χ1n) is 5.82. The monoisotopic (exact) mass is 286 g/mol. The van der Waals surface area contributed by atoms with E-state index in [1.54, 1.807) is 6.07 Å². The number of nitrogens with two attached hydrogens (primary N) is 1. The Morgan fingerprint density at radius 3 is 2.63 bits per heavy atom. The van der Waals surface area contributed by atoms with Crippen LogP contribution in [0, 0.1) is 6.92 Å². The molecule has 0 radical (unpaired) electrons. The number of aliphatic carboxylic acids is 1. The molecule has 0 aliphatic heterocycles. The largest absolute Gasteiger partial charge is 0.481 e. The number of hydrogen-bond donors (Lipinski definition) is 3. The van der Waals surface area contributed by atoms with Gasteiger partial charge < -0.3 is 10.4 Å². The van der Waals surface area contributed by atoms with Crippen molar-refractivity contribution in [3.8, 4) is 0 Å². The molecule has 106 valence electrons. The van der Waals surface area contributed by atoms with Gasteiger partial charge >= 0.3 is 5.97 Å². The summed E-state index contributed by atoms with van der Waals surface area (Å²) in [4.78, 5) is 10.5. The Kier molecular flexibility index (Phi) is 4.90. The number of nitrogens with one attached hydrogen (secondary N) is 1. The Bertz CT molecular complexity index is 569. The molecule has 1 atom stereocenters. The van der Waals surface area contributed by atoms with Crippen molar-refractivity contribution in [1.29, 1.82) is 0 Å². The molecule has 7 heteroatoms. The third kappa shape index (κ3) is 4.88. The van der Waals surface area contributed by atoms with Crippen LogP contribution in [-0.2, 0) is 14.8 Å². The van der Waals surface area contributed by atoms with E-state index in [-0.39, 0.29) is 17.4 Å². The fraction of sp³-hybridized carbons (Fsp3) is 0.417. The van der Waals surface area contributed by atoms with Crippen LogP contribution >= 0.6 is 0 Å². The number of rotatable bonds is 6. The average molecular weight is 286 g/mol. The van der Waals surface area contributed by atoms with E-state index in [4.69, 9.17) is 10.2 Å². The summed E-state index contributed by atoms with van der Waals surface area (Å²) >= 11 is 0. The van der Waals surface area contributed by atoms with E-state index < -0.39 is 16.0 Å². The van der Waals surface area contributed by atoms with Gasteiger partial charge in [0.05, 0.1) is 4.90 Å². The minimum atomic E-state index is -3.74. The van der Waals surface area contributed by atoms with Gasteiger partial charge in [-0.25, -0.2) is 13.6 Å². The summed E-state index contributed by atoms with van der Waals surface area (Å²) in [6.07, 6.45) is 0.510. The highest BCUT2D eigenvalue weighted by atomic mass is 32.2. The summed E-state index contributed by atoms with van der Waals surface area (Å²) in [5.74, 6) is -0.858. The minimum absolute atomic E-state index is 0.0334. The van der Waals surface area contributed by atoms with E-state index in [2.05, 4.69) is 5.32 Å². The lowest BCUT2D eigenvalue weighted by Gasteiger charge is -2.17. The van der Waals surface area contributed by atoms with Crippen molar-refractivity contribution in [3.63, 3.8) is 0 Å². The lowest BCUT2D eigenvalue weighted by atomic mass is 10.1. The highest BCUT2D eigenvalue weighted by molar-refractivity contribution is 7.89. The van der Waals surface area contributed by atoms with Gasteiger partial charge in [-0.05, 0) is 38.0 Å². The zero-order valence-electron chi connectivity index (χ0n) is 10.9. The van der Waals surface area contributed by atoms with E-state index in [1.807, 2.05) is 13.8 Å². The predicted octanol–water partition coefficient (Wildman–Crippen LogP) is 1.31. The van der Waals surface area contributed by atoms with Crippen LogP contribution in [0.3, 0.4) is 0 Å². The molecule has 0 aromatic heterocycles. The molecule has 0 bridgehead atoms. The van der Waals surface area contributed by atoms with Crippen LogP contribution in [0.1, 0.15) is 25.3 Å². The maximum absolute atomic E-state index is 11.3. The highest BCUT2D eigenvalue weighted by Crippen LogP contribution is 2.20. The molecular formula is C12H18N2O4S. The lowest BCUT2D eigenvalue weighted by Crippen LogP contribution is -2.18. The molecule has 19 heavy (non-hydrogen) atoms. The molecule has 1 aromatic carbocycles. The van der Waals surface area contributed by atoms with Crippen molar-refractivity contribution in [2.75, 3.05) is 5.32 Å². The number of hydrogen-bond acceptors (Lipinski definition) is 4. The fourth-order valence-electron chi connectivity index (χ4n) is 1.61. The first-order chi connectivity index (χ1) is 8.70. The Morgan fingerprint density at radius 2 is 2.11 bits per heavy atom. The summed E-state index contributed by atoms with van der Waals surface area (Å²) < 4.78 is 22.5. The van der Waals surface area contributed by atoms with Crippen molar-refractivity contribution in [2.45, 2.75) is 37.6 Å². The van der Waals surface area contributed by atoms with Gasteiger partial charge in [0.15, 0.2) is 0 Å². The van der Waals surface area contributed by atoms with Gasteiger partial charge in [0, 0.05) is 18.2 Å². The molecule has 6 nitrogen and oxygen atoms in total. The highest BCUT2D eigenvalue weighted by Gasteiger charge is 2.12. The second-order valence-corrected chi connectivity index (χ2v) is 6.06. The quantitative estimate of drug-likeness (QED) is 0.730. The summed E-state index contributed by atoms with van der Waals surface area (Å²) in [6, 6.07) is 4.48. The van der Waals surface area contributed by atoms with Crippen LogP contribution in [-0.4, -0.2) is 25.5 Å². The average Bonchev–Trinajstić information content (AvgIpc) is 2.28. The molecule has 0 saturated heterocycles. The van der Waals surface area contributed by atoms with E-state index in [0.29, 0.717) is 12.1 Å². The van der Waals surface area contributed by atoms with Crippen LogP contribution in [0.5, 0.6) is 0 Å². The van der Waals surface area contributed by atoms with E-state index in [1.165, 1.54) is 12.1 Å². The van der Waals surface area contributed by atoms with Gasteiger partial charge in [0.1, 0.15) is 0 Å². The van der Waals surface area contributed by atoms with Crippen LogP contribution < -0.4 is 10.5 Å². The van der Waals surface area contributed by atoms with E-state index >= 15 is 0 Å². The first-order valence-corrected chi connectivity index (χ1v) is 7.36. The summed E-state index contributed by atoms with van der Waals surface area (Å²) in [5, 5.41) is 16.8. The van der Waals surface area contributed by atoms with Crippen LogP contribution in [0.4, 0.5) is 5.69 Å². The Hall–Kier alpha value is -1.60. The zero-order valence-corrected chi connectivity index (χ0v) is 11.7. The minimum Gasteiger partial charge on any atom is -0.481 e. The Morgan fingerprint density at radius 1 is 1.47 bits per heavy atom. The number of carboxylic acids is 1. The molecule has 0 saturated carbocycles. The SMILES string of the molecule is Cc1ccc(S(N)(=O)=O)cc1NC(C)CCC(=O)O.